The fourth-order valence-corrected chi connectivity index (χ4v) is 4.89. The van der Waals surface area contributed by atoms with E-state index in [0.29, 0.717) is 11.3 Å². The van der Waals surface area contributed by atoms with Crippen LogP contribution in [-0.4, -0.2) is 31.5 Å². The molecule has 3 rings (SSSR count). The van der Waals surface area contributed by atoms with Gasteiger partial charge in [-0.1, -0.05) is 62.2 Å². The standard InChI is InChI=1S/C27H31N3O5S/c1-2-3-5-8-20-11-13-22(14-12-20)26(31)28-23-15-17-24(18-16-23)36(34,35)30-25(27(32)29-33)19-21-9-6-4-7-10-21/h4,6-7,9-18,25,30,33H,2-3,5,8,19H2,1H3,(H,28,31)(H,29,32)/t25-/m1/s1. The number of hydrogen-bond donors (Lipinski definition) is 4. The van der Waals surface area contributed by atoms with Crippen molar-refractivity contribution >= 4 is 27.5 Å². The molecule has 0 heterocycles. The smallest absolute Gasteiger partial charge is 0.261 e. The van der Waals surface area contributed by atoms with Crippen molar-refractivity contribution in [3.63, 3.8) is 0 Å². The second-order valence-electron chi connectivity index (χ2n) is 8.47. The number of unbranched alkanes of at least 4 members (excludes halogenated alkanes) is 2. The van der Waals surface area contributed by atoms with Gasteiger partial charge < -0.3 is 5.32 Å². The van der Waals surface area contributed by atoms with Crippen molar-refractivity contribution in [1.29, 1.82) is 0 Å². The van der Waals surface area contributed by atoms with Gasteiger partial charge in [0.2, 0.25) is 10.0 Å². The highest BCUT2D eigenvalue weighted by Gasteiger charge is 2.26. The number of nitrogens with one attached hydrogen (secondary N) is 3. The lowest BCUT2D eigenvalue weighted by molar-refractivity contribution is -0.130. The Morgan fingerprint density at radius 1 is 0.861 bits per heavy atom. The fraction of sp³-hybridized carbons (Fsp3) is 0.259. The molecular formula is C27H31N3O5S. The number of amides is 2. The molecule has 0 aliphatic rings. The minimum Gasteiger partial charge on any atom is -0.322 e. The average molecular weight is 510 g/mol. The summed E-state index contributed by atoms with van der Waals surface area (Å²) in [4.78, 5) is 24.6. The Morgan fingerprint density at radius 3 is 2.14 bits per heavy atom. The van der Waals surface area contributed by atoms with Crippen molar-refractivity contribution in [2.75, 3.05) is 5.32 Å². The molecule has 0 aliphatic heterocycles. The second kappa shape index (κ2) is 13.0. The highest BCUT2D eigenvalue weighted by atomic mass is 32.2. The average Bonchev–Trinajstić information content (AvgIpc) is 2.89. The highest BCUT2D eigenvalue weighted by Crippen LogP contribution is 2.17. The van der Waals surface area contributed by atoms with Gasteiger partial charge in [0.1, 0.15) is 6.04 Å². The molecule has 4 N–H and O–H groups in total. The lowest BCUT2D eigenvalue weighted by Gasteiger charge is -2.17. The number of hydrogen-bond acceptors (Lipinski definition) is 5. The minimum absolute atomic E-state index is 0.0536. The van der Waals surface area contributed by atoms with E-state index in [1.54, 1.807) is 42.5 Å². The zero-order valence-electron chi connectivity index (χ0n) is 20.1. The van der Waals surface area contributed by atoms with Crippen molar-refractivity contribution in [2.45, 2.75) is 50.0 Å². The Hall–Kier alpha value is -3.53. The van der Waals surface area contributed by atoms with Crippen molar-refractivity contribution in [1.82, 2.24) is 10.2 Å². The van der Waals surface area contributed by atoms with Gasteiger partial charge in [-0.25, -0.2) is 13.9 Å². The van der Waals surface area contributed by atoms with E-state index in [2.05, 4.69) is 17.0 Å². The number of aryl methyl sites for hydroxylation is 1. The lowest BCUT2D eigenvalue weighted by atomic mass is 10.1. The summed E-state index contributed by atoms with van der Waals surface area (Å²) in [6, 6.07) is 20.7. The largest absolute Gasteiger partial charge is 0.322 e. The summed E-state index contributed by atoms with van der Waals surface area (Å²) in [6.45, 7) is 2.16. The molecule has 0 radical (unpaired) electrons. The van der Waals surface area contributed by atoms with Crippen molar-refractivity contribution in [2.24, 2.45) is 0 Å². The van der Waals surface area contributed by atoms with E-state index in [-0.39, 0.29) is 17.2 Å². The van der Waals surface area contributed by atoms with Gasteiger partial charge in [-0.05, 0) is 66.8 Å². The minimum atomic E-state index is -4.08. The number of rotatable bonds is 12. The molecule has 0 fully saturated rings. The van der Waals surface area contributed by atoms with Crippen LogP contribution in [0.1, 0.15) is 47.7 Å². The van der Waals surface area contributed by atoms with Crippen molar-refractivity contribution < 1.29 is 23.2 Å². The van der Waals surface area contributed by atoms with E-state index in [1.165, 1.54) is 41.7 Å². The number of benzene rings is 3. The molecule has 1 atom stereocenters. The molecule has 0 bridgehead atoms. The number of hydroxylamine groups is 1. The van der Waals surface area contributed by atoms with Crippen molar-refractivity contribution in [3.05, 3.63) is 95.6 Å². The topological polar surface area (TPSA) is 125 Å². The molecule has 190 valence electrons. The van der Waals surface area contributed by atoms with E-state index in [9.17, 15) is 18.0 Å². The molecule has 0 aliphatic carbocycles. The molecular weight excluding hydrogens is 478 g/mol. The normalized spacial score (nSPS) is 12.1. The highest BCUT2D eigenvalue weighted by molar-refractivity contribution is 7.89. The third-order valence-corrected chi connectivity index (χ3v) is 7.20. The van der Waals surface area contributed by atoms with Crippen LogP contribution in [0.2, 0.25) is 0 Å². The third kappa shape index (κ3) is 7.74. The zero-order chi connectivity index (χ0) is 26.0. The maximum atomic E-state index is 12.9. The van der Waals surface area contributed by atoms with E-state index in [0.717, 1.165) is 24.8 Å². The summed E-state index contributed by atoms with van der Waals surface area (Å²) < 4.78 is 28.1. The van der Waals surface area contributed by atoms with Crippen LogP contribution < -0.4 is 15.5 Å². The van der Waals surface area contributed by atoms with Crippen LogP contribution in [0.25, 0.3) is 0 Å². The maximum absolute atomic E-state index is 12.9. The van der Waals surface area contributed by atoms with Gasteiger partial charge in [-0.3, -0.25) is 14.8 Å². The summed E-state index contributed by atoms with van der Waals surface area (Å²) in [5.41, 5.74) is 4.35. The summed E-state index contributed by atoms with van der Waals surface area (Å²) >= 11 is 0. The zero-order valence-corrected chi connectivity index (χ0v) is 20.9. The van der Waals surface area contributed by atoms with Gasteiger partial charge in [0, 0.05) is 11.3 Å². The number of sulfonamides is 1. The van der Waals surface area contributed by atoms with Crippen LogP contribution in [0.4, 0.5) is 5.69 Å². The number of carbonyl (C=O) groups excluding carboxylic acids is 2. The fourth-order valence-electron chi connectivity index (χ4n) is 3.69. The quantitative estimate of drug-likeness (QED) is 0.166. The first-order valence-corrected chi connectivity index (χ1v) is 13.3. The monoisotopic (exact) mass is 509 g/mol. The lowest BCUT2D eigenvalue weighted by Crippen LogP contribution is -2.47. The Labute approximate surface area is 211 Å². The van der Waals surface area contributed by atoms with E-state index < -0.39 is 22.0 Å². The van der Waals surface area contributed by atoms with Crippen LogP contribution in [-0.2, 0) is 27.7 Å². The van der Waals surface area contributed by atoms with E-state index >= 15 is 0 Å². The first kappa shape index (κ1) is 27.1. The second-order valence-corrected chi connectivity index (χ2v) is 10.2. The molecule has 8 nitrogen and oxygen atoms in total. The third-order valence-electron chi connectivity index (χ3n) is 5.71. The van der Waals surface area contributed by atoms with Crippen LogP contribution >= 0.6 is 0 Å². The van der Waals surface area contributed by atoms with Crippen molar-refractivity contribution in [3.8, 4) is 0 Å². The van der Waals surface area contributed by atoms with Gasteiger partial charge in [0.25, 0.3) is 11.8 Å². The van der Waals surface area contributed by atoms with E-state index in [1.807, 2.05) is 12.1 Å². The first-order chi connectivity index (χ1) is 17.3. The first-order valence-electron chi connectivity index (χ1n) is 11.8. The van der Waals surface area contributed by atoms with Crippen LogP contribution in [0.3, 0.4) is 0 Å². The molecule has 9 heteroatoms. The van der Waals surface area contributed by atoms with Gasteiger partial charge >= 0.3 is 0 Å². The van der Waals surface area contributed by atoms with Crippen LogP contribution in [0.15, 0.2) is 83.8 Å². The predicted octanol–water partition coefficient (Wildman–Crippen LogP) is 4.07. The molecule has 0 spiro atoms. The Bertz CT molecular complexity index is 1240. The maximum Gasteiger partial charge on any atom is 0.261 e. The summed E-state index contributed by atoms with van der Waals surface area (Å²) in [5, 5.41) is 11.8. The summed E-state index contributed by atoms with van der Waals surface area (Å²) in [6.07, 6.45) is 4.47. The molecule has 0 aromatic heterocycles. The van der Waals surface area contributed by atoms with Gasteiger partial charge in [0.05, 0.1) is 4.90 Å². The molecule has 2 amide bonds. The summed E-state index contributed by atoms with van der Waals surface area (Å²) in [7, 11) is -4.08. The summed E-state index contributed by atoms with van der Waals surface area (Å²) in [5.74, 6) is -1.17. The van der Waals surface area contributed by atoms with E-state index in [4.69, 9.17) is 5.21 Å². The van der Waals surface area contributed by atoms with Gasteiger partial charge in [0.15, 0.2) is 0 Å². The number of carbonyl (C=O) groups is 2. The molecule has 36 heavy (non-hydrogen) atoms. The number of anilines is 1. The van der Waals surface area contributed by atoms with Gasteiger partial charge in [-0.2, -0.15) is 4.72 Å². The van der Waals surface area contributed by atoms with Gasteiger partial charge in [-0.15, -0.1) is 0 Å². The Kier molecular flexibility index (Phi) is 9.75. The Morgan fingerprint density at radius 2 is 1.53 bits per heavy atom. The Balaban J connectivity index is 1.64. The molecule has 0 saturated heterocycles. The molecule has 0 unspecified atom stereocenters. The molecule has 3 aromatic carbocycles. The SMILES string of the molecule is CCCCCc1ccc(C(=O)Nc2ccc(S(=O)(=O)N[C@H](Cc3ccccc3)C(=O)NO)cc2)cc1. The van der Waals surface area contributed by atoms with Crippen LogP contribution in [0, 0.1) is 0 Å². The predicted molar refractivity (Wildman–Crippen MR) is 138 cm³/mol. The van der Waals surface area contributed by atoms with Crippen LogP contribution in [0.5, 0.6) is 0 Å². The molecule has 0 saturated carbocycles. The molecule has 3 aromatic rings.